The van der Waals surface area contributed by atoms with Gasteiger partial charge < -0.3 is 9.84 Å². The summed E-state index contributed by atoms with van der Waals surface area (Å²) >= 11 is 0. The Kier molecular flexibility index (Phi) is 4.07. The van der Waals surface area contributed by atoms with Crippen LogP contribution >= 0.6 is 0 Å². The first-order chi connectivity index (χ1) is 7.79. The Morgan fingerprint density at radius 1 is 1.53 bits per heavy atom. The van der Waals surface area contributed by atoms with E-state index in [2.05, 4.69) is 10.3 Å². The number of rotatable bonds is 2. The van der Waals surface area contributed by atoms with Gasteiger partial charge in [0.1, 0.15) is 5.60 Å². The highest BCUT2D eigenvalue weighted by atomic mass is 16.6. The number of aromatic nitrogens is 1. The number of carbonyl (C=O) groups excluding carboxylic acids is 1. The molecule has 1 aromatic heterocycles. The van der Waals surface area contributed by atoms with Crippen molar-refractivity contribution in [3.8, 4) is 0 Å². The topological polar surface area (TPSA) is 71.5 Å². The molecule has 17 heavy (non-hydrogen) atoms. The van der Waals surface area contributed by atoms with E-state index in [9.17, 15) is 9.90 Å². The van der Waals surface area contributed by atoms with Crippen molar-refractivity contribution in [2.75, 3.05) is 5.32 Å². The number of hydrogen-bond donors (Lipinski definition) is 2. The number of nitrogens with zero attached hydrogens (tertiary/aromatic N) is 1. The first kappa shape index (κ1) is 13.4. The van der Waals surface area contributed by atoms with E-state index in [0.29, 0.717) is 11.4 Å². The van der Waals surface area contributed by atoms with Crippen LogP contribution in [0.25, 0.3) is 0 Å². The maximum atomic E-state index is 11.6. The Hall–Kier alpha value is -1.62. The van der Waals surface area contributed by atoms with Crippen LogP contribution in [0.4, 0.5) is 10.5 Å². The lowest BCUT2D eigenvalue weighted by molar-refractivity contribution is 0.0635. The number of amides is 1. The molecule has 1 aromatic rings. The van der Waals surface area contributed by atoms with E-state index in [4.69, 9.17) is 4.74 Å². The normalized spacial score (nSPS) is 13.0. The SMILES string of the molecule is CC(O)c1ncccc1NC(=O)OC(C)(C)C. The summed E-state index contributed by atoms with van der Waals surface area (Å²) < 4.78 is 5.12. The summed E-state index contributed by atoms with van der Waals surface area (Å²) in [5.74, 6) is 0. The van der Waals surface area contributed by atoms with Gasteiger partial charge in [-0.1, -0.05) is 0 Å². The Balaban J connectivity index is 2.78. The zero-order valence-corrected chi connectivity index (χ0v) is 10.5. The summed E-state index contributed by atoms with van der Waals surface area (Å²) in [6, 6.07) is 3.34. The third-order valence-corrected chi connectivity index (χ3v) is 1.87. The summed E-state index contributed by atoms with van der Waals surface area (Å²) in [6.45, 7) is 6.94. The summed E-state index contributed by atoms with van der Waals surface area (Å²) in [4.78, 5) is 15.6. The first-order valence-corrected chi connectivity index (χ1v) is 5.42. The molecule has 1 atom stereocenters. The second-order valence-electron chi connectivity index (χ2n) is 4.74. The number of carbonyl (C=O) groups is 1. The number of aliphatic hydroxyl groups excluding tert-OH is 1. The van der Waals surface area contributed by atoms with Crippen molar-refractivity contribution in [1.29, 1.82) is 0 Å². The van der Waals surface area contributed by atoms with Crippen LogP contribution in [0, 0.1) is 0 Å². The Morgan fingerprint density at radius 3 is 2.71 bits per heavy atom. The molecule has 5 heteroatoms. The van der Waals surface area contributed by atoms with Gasteiger partial charge in [0.15, 0.2) is 0 Å². The molecule has 1 heterocycles. The predicted molar refractivity (Wildman–Crippen MR) is 64.7 cm³/mol. The fraction of sp³-hybridized carbons (Fsp3) is 0.500. The average molecular weight is 238 g/mol. The summed E-state index contributed by atoms with van der Waals surface area (Å²) in [5, 5.41) is 12.1. The molecule has 0 bridgehead atoms. The molecule has 0 aliphatic heterocycles. The molecule has 0 saturated carbocycles. The number of anilines is 1. The van der Waals surface area contributed by atoms with Crippen molar-refractivity contribution >= 4 is 11.8 Å². The minimum atomic E-state index is -0.749. The third kappa shape index (κ3) is 4.40. The number of ether oxygens (including phenoxy) is 1. The third-order valence-electron chi connectivity index (χ3n) is 1.87. The van der Waals surface area contributed by atoms with Crippen molar-refractivity contribution in [2.45, 2.75) is 39.4 Å². The fourth-order valence-electron chi connectivity index (χ4n) is 1.27. The maximum absolute atomic E-state index is 11.6. The van der Waals surface area contributed by atoms with E-state index in [1.54, 1.807) is 46.0 Å². The van der Waals surface area contributed by atoms with Crippen LogP contribution in [0.2, 0.25) is 0 Å². The highest BCUT2D eigenvalue weighted by molar-refractivity contribution is 5.85. The van der Waals surface area contributed by atoms with Crippen LogP contribution in [-0.4, -0.2) is 21.8 Å². The Bertz CT molecular complexity index is 397. The average Bonchev–Trinajstić information content (AvgIpc) is 2.14. The highest BCUT2D eigenvalue weighted by Gasteiger charge is 2.18. The molecule has 0 radical (unpaired) electrons. The molecular formula is C12H18N2O3. The van der Waals surface area contributed by atoms with Crippen molar-refractivity contribution < 1.29 is 14.6 Å². The van der Waals surface area contributed by atoms with Gasteiger partial charge in [0.05, 0.1) is 17.5 Å². The fourth-order valence-corrected chi connectivity index (χ4v) is 1.27. The number of hydrogen-bond acceptors (Lipinski definition) is 4. The molecule has 1 amide bonds. The molecule has 0 aliphatic rings. The molecule has 2 N–H and O–H groups in total. The molecule has 0 spiro atoms. The van der Waals surface area contributed by atoms with Crippen LogP contribution in [-0.2, 0) is 4.74 Å². The van der Waals surface area contributed by atoms with Gasteiger partial charge in [0.25, 0.3) is 0 Å². The van der Waals surface area contributed by atoms with Crippen molar-refractivity contribution in [1.82, 2.24) is 4.98 Å². The van der Waals surface area contributed by atoms with Gasteiger partial charge in [-0.15, -0.1) is 0 Å². The molecule has 0 aromatic carbocycles. The molecule has 0 fully saturated rings. The minimum Gasteiger partial charge on any atom is -0.444 e. The van der Waals surface area contributed by atoms with Crippen molar-refractivity contribution in [3.05, 3.63) is 24.0 Å². The zero-order chi connectivity index (χ0) is 13.1. The smallest absolute Gasteiger partial charge is 0.412 e. The molecule has 1 unspecified atom stereocenters. The van der Waals surface area contributed by atoms with Gasteiger partial charge in [-0.25, -0.2) is 4.79 Å². The van der Waals surface area contributed by atoms with Crippen molar-refractivity contribution in [2.24, 2.45) is 0 Å². The van der Waals surface area contributed by atoms with Crippen molar-refractivity contribution in [3.63, 3.8) is 0 Å². The van der Waals surface area contributed by atoms with Gasteiger partial charge in [-0.05, 0) is 39.8 Å². The van der Waals surface area contributed by atoms with Gasteiger partial charge in [0, 0.05) is 6.20 Å². The van der Waals surface area contributed by atoms with Crippen LogP contribution in [0.5, 0.6) is 0 Å². The Morgan fingerprint density at radius 2 is 2.18 bits per heavy atom. The summed E-state index contributed by atoms with van der Waals surface area (Å²) in [6.07, 6.45) is 0.246. The minimum absolute atomic E-state index is 0.415. The second-order valence-corrected chi connectivity index (χ2v) is 4.74. The quantitative estimate of drug-likeness (QED) is 0.830. The standard InChI is InChI=1S/C12H18N2O3/c1-8(15)10-9(6-5-7-13-10)14-11(16)17-12(2,3)4/h5-8,15H,1-4H3,(H,14,16). The number of aliphatic hydroxyl groups is 1. The van der Waals surface area contributed by atoms with E-state index < -0.39 is 17.8 Å². The van der Waals surface area contributed by atoms with Crippen LogP contribution in [0.1, 0.15) is 39.5 Å². The number of pyridine rings is 1. The highest BCUT2D eigenvalue weighted by Crippen LogP contribution is 2.20. The van der Waals surface area contributed by atoms with Crippen LogP contribution in [0.15, 0.2) is 18.3 Å². The van der Waals surface area contributed by atoms with E-state index in [1.807, 2.05) is 0 Å². The van der Waals surface area contributed by atoms with E-state index in [1.165, 1.54) is 0 Å². The maximum Gasteiger partial charge on any atom is 0.412 e. The molecule has 1 rings (SSSR count). The lowest BCUT2D eigenvalue weighted by Crippen LogP contribution is -2.27. The van der Waals surface area contributed by atoms with Crippen LogP contribution < -0.4 is 5.32 Å². The van der Waals surface area contributed by atoms with Gasteiger partial charge in [-0.3, -0.25) is 10.3 Å². The largest absolute Gasteiger partial charge is 0.444 e. The van der Waals surface area contributed by atoms with E-state index in [0.717, 1.165) is 0 Å². The van der Waals surface area contributed by atoms with Crippen LogP contribution in [0.3, 0.4) is 0 Å². The zero-order valence-electron chi connectivity index (χ0n) is 10.5. The summed E-state index contributed by atoms with van der Waals surface area (Å²) in [7, 11) is 0. The molecule has 0 saturated heterocycles. The second kappa shape index (κ2) is 5.14. The summed E-state index contributed by atoms with van der Waals surface area (Å²) in [5.41, 5.74) is 0.312. The number of nitrogens with one attached hydrogen (secondary N) is 1. The van der Waals surface area contributed by atoms with Gasteiger partial charge in [0.2, 0.25) is 0 Å². The first-order valence-electron chi connectivity index (χ1n) is 5.42. The molecule has 0 aliphatic carbocycles. The molecular weight excluding hydrogens is 220 g/mol. The van der Waals surface area contributed by atoms with Gasteiger partial charge >= 0.3 is 6.09 Å². The predicted octanol–water partition coefficient (Wildman–Crippen LogP) is 2.48. The lowest BCUT2D eigenvalue weighted by atomic mass is 10.2. The van der Waals surface area contributed by atoms with E-state index >= 15 is 0 Å². The molecule has 94 valence electrons. The Labute approximate surface area is 101 Å². The molecule has 5 nitrogen and oxygen atoms in total. The monoisotopic (exact) mass is 238 g/mol. The van der Waals surface area contributed by atoms with Gasteiger partial charge in [-0.2, -0.15) is 0 Å². The van der Waals surface area contributed by atoms with E-state index in [-0.39, 0.29) is 0 Å². The lowest BCUT2D eigenvalue weighted by Gasteiger charge is -2.20.